The van der Waals surface area contributed by atoms with Crippen LogP contribution in [0.15, 0.2) is 30.3 Å². The third kappa shape index (κ3) is 3.51. The van der Waals surface area contributed by atoms with Gasteiger partial charge in [-0.25, -0.2) is 0 Å². The number of nitrogens with two attached hydrogens (primary N) is 1. The lowest BCUT2D eigenvalue weighted by Crippen LogP contribution is -2.60. The van der Waals surface area contributed by atoms with Crippen LogP contribution in [0.2, 0.25) is 0 Å². The molecule has 0 aliphatic carbocycles. The Morgan fingerprint density at radius 2 is 1.82 bits per heavy atom. The number of likely N-dealkylation sites (N-methyl/N-ethyl adjacent to an activating group) is 1. The monoisotopic (exact) mass is 386 g/mol. The van der Waals surface area contributed by atoms with Crippen molar-refractivity contribution in [3.05, 3.63) is 35.9 Å². The van der Waals surface area contributed by atoms with E-state index >= 15 is 0 Å². The van der Waals surface area contributed by atoms with Crippen LogP contribution in [-0.2, 0) is 14.4 Å². The number of carbonyl (C=O) groups excluding carboxylic acids is 3. The molecular formula is C21H30N4O3. The number of nitrogens with zero attached hydrogens (tertiary/aromatic N) is 3. The molecule has 2 N–H and O–H groups in total. The first-order chi connectivity index (χ1) is 13.3. The Morgan fingerprint density at radius 1 is 1.14 bits per heavy atom. The lowest BCUT2D eigenvalue weighted by molar-refractivity contribution is -0.154. The van der Waals surface area contributed by atoms with E-state index in [4.69, 9.17) is 5.73 Å². The average molecular weight is 386 g/mol. The van der Waals surface area contributed by atoms with Gasteiger partial charge in [0.1, 0.15) is 17.6 Å². The van der Waals surface area contributed by atoms with Gasteiger partial charge in [0.15, 0.2) is 0 Å². The standard InChI is InChI=1S/C21H30N4O3/c1-21(20(28)24-13-7-11-16(24)18(22)26)12-8-14-25(21)19(27)17(23(2)3)15-9-5-4-6-10-15/h4-6,9-10,16-17H,7-8,11-14H2,1-3H3,(H2,22,26)/t16?,17-,21?/m1/s1. The number of hydrogen-bond donors (Lipinski definition) is 1. The van der Waals surface area contributed by atoms with Gasteiger partial charge in [-0.1, -0.05) is 30.3 Å². The van der Waals surface area contributed by atoms with E-state index in [1.807, 2.05) is 56.3 Å². The minimum atomic E-state index is -0.946. The maximum atomic E-state index is 13.6. The molecular weight excluding hydrogens is 356 g/mol. The van der Waals surface area contributed by atoms with Gasteiger partial charge >= 0.3 is 0 Å². The molecule has 0 spiro atoms. The maximum Gasteiger partial charge on any atom is 0.248 e. The minimum Gasteiger partial charge on any atom is -0.368 e. The van der Waals surface area contributed by atoms with Gasteiger partial charge in [-0.15, -0.1) is 0 Å². The first-order valence-electron chi connectivity index (χ1n) is 9.90. The number of likely N-dealkylation sites (tertiary alicyclic amines) is 2. The second-order valence-corrected chi connectivity index (χ2v) is 8.20. The number of primary amides is 1. The van der Waals surface area contributed by atoms with Gasteiger partial charge < -0.3 is 15.5 Å². The molecule has 7 nitrogen and oxygen atoms in total. The number of amides is 3. The van der Waals surface area contributed by atoms with E-state index in [2.05, 4.69) is 0 Å². The molecule has 0 bridgehead atoms. The Kier molecular flexibility index (Phi) is 5.74. The summed E-state index contributed by atoms with van der Waals surface area (Å²) in [5, 5.41) is 0. The molecule has 0 saturated carbocycles. The first-order valence-corrected chi connectivity index (χ1v) is 9.90. The molecule has 7 heteroatoms. The molecule has 3 rings (SSSR count). The summed E-state index contributed by atoms with van der Waals surface area (Å²) in [6.07, 6.45) is 2.70. The normalized spacial score (nSPS) is 25.9. The van der Waals surface area contributed by atoms with Gasteiger partial charge in [-0.2, -0.15) is 0 Å². The van der Waals surface area contributed by atoms with Crippen molar-refractivity contribution >= 4 is 17.7 Å². The summed E-state index contributed by atoms with van der Waals surface area (Å²) in [6.45, 7) is 2.88. The molecule has 3 amide bonds. The first kappa shape index (κ1) is 20.3. The lowest BCUT2D eigenvalue weighted by Gasteiger charge is -2.40. The molecule has 0 aromatic heterocycles. The van der Waals surface area contributed by atoms with Gasteiger partial charge in [-0.3, -0.25) is 19.3 Å². The largest absolute Gasteiger partial charge is 0.368 e. The number of hydrogen-bond acceptors (Lipinski definition) is 4. The molecule has 2 aliphatic rings. The second kappa shape index (κ2) is 7.91. The van der Waals surface area contributed by atoms with Crippen LogP contribution < -0.4 is 5.73 Å². The fourth-order valence-corrected chi connectivity index (χ4v) is 4.60. The zero-order valence-corrected chi connectivity index (χ0v) is 16.9. The van der Waals surface area contributed by atoms with E-state index in [1.165, 1.54) is 0 Å². The van der Waals surface area contributed by atoms with Gasteiger partial charge in [0.2, 0.25) is 17.7 Å². The number of carbonyl (C=O) groups is 3. The van der Waals surface area contributed by atoms with Crippen molar-refractivity contribution < 1.29 is 14.4 Å². The smallest absolute Gasteiger partial charge is 0.248 e. The van der Waals surface area contributed by atoms with Crippen molar-refractivity contribution in [2.24, 2.45) is 5.73 Å². The summed E-state index contributed by atoms with van der Waals surface area (Å²) in [5.74, 6) is -0.717. The Bertz CT molecular complexity index is 751. The van der Waals surface area contributed by atoms with Gasteiger partial charge in [-0.05, 0) is 52.3 Å². The lowest BCUT2D eigenvalue weighted by atomic mass is 9.94. The van der Waals surface area contributed by atoms with Crippen LogP contribution in [0.3, 0.4) is 0 Å². The molecule has 1 aromatic rings. The Balaban J connectivity index is 1.89. The zero-order chi connectivity index (χ0) is 20.5. The molecule has 2 fully saturated rings. The molecule has 2 aliphatic heterocycles. The van der Waals surface area contributed by atoms with Gasteiger partial charge in [0.25, 0.3) is 0 Å². The quantitative estimate of drug-likeness (QED) is 0.822. The molecule has 2 saturated heterocycles. The molecule has 3 atom stereocenters. The highest BCUT2D eigenvalue weighted by atomic mass is 16.2. The number of benzene rings is 1. The van der Waals surface area contributed by atoms with Crippen molar-refractivity contribution in [2.45, 2.75) is 50.2 Å². The Labute approximate surface area is 166 Å². The van der Waals surface area contributed by atoms with Crippen molar-refractivity contribution in [3.8, 4) is 0 Å². The van der Waals surface area contributed by atoms with Crippen molar-refractivity contribution in [2.75, 3.05) is 27.2 Å². The highest BCUT2D eigenvalue weighted by molar-refractivity contribution is 5.96. The van der Waals surface area contributed by atoms with Crippen molar-refractivity contribution in [1.29, 1.82) is 0 Å². The summed E-state index contributed by atoms with van der Waals surface area (Å²) >= 11 is 0. The topological polar surface area (TPSA) is 87.0 Å². The predicted octanol–water partition coefficient (Wildman–Crippen LogP) is 1.15. The van der Waals surface area contributed by atoms with Crippen molar-refractivity contribution in [1.82, 2.24) is 14.7 Å². The van der Waals surface area contributed by atoms with Crippen LogP contribution in [0, 0.1) is 0 Å². The summed E-state index contributed by atoms with van der Waals surface area (Å²) in [6, 6.07) is 8.58. The molecule has 1 aromatic carbocycles. The van der Waals surface area contributed by atoms with E-state index in [0.29, 0.717) is 25.9 Å². The van der Waals surface area contributed by atoms with Crippen LogP contribution in [0.1, 0.15) is 44.2 Å². The van der Waals surface area contributed by atoms with Crippen LogP contribution in [0.25, 0.3) is 0 Å². The van der Waals surface area contributed by atoms with E-state index in [-0.39, 0.29) is 11.8 Å². The van der Waals surface area contributed by atoms with Gasteiger partial charge in [0.05, 0.1) is 0 Å². The summed E-state index contributed by atoms with van der Waals surface area (Å²) in [4.78, 5) is 43.9. The third-order valence-electron chi connectivity index (χ3n) is 6.08. The molecule has 2 heterocycles. The van der Waals surface area contributed by atoms with E-state index < -0.39 is 23.5 Å². The van der Waals surface area contributed by atoms with Crippen LogP contribution in [-0.4, -0.2) is 71.2 Å². The van der Waals surface area contributed by atoms with Crippen molar-refractivity contribution in [3.63, 3.8) is 0 Å². The Morgan fingerprint density at radius 3 is 2.43 bits per heavy atom. The van der Waals surface area contributed by atoms with Crippen LogP contribution in [0.5, 0.6) is 0 Å². The minimum absolute atomic E-state index is 0.0839. The van der Waals surface area contributed by atoms with E-state index in [1.54, 1.807) is 9.80 Å². The SMILES string of the molecule is CN(C)[C@@H](C(=O)N1CCCC1(C)C(=O)N1CCCC1C(N)=O)c1ccccc1. The third-order valence-corrected chi connectivity index (χ3v) is 6.08. The molecule has 28 heavy (non-hydrogen) atoms. The molecule has 152 valence electrons. The zero-order valence-electron chi connectivity index (χ0n) is 16.9. The highest BCUT2D eigenvalue weighted by Crippen LogP contribution is 2.36. The fourth-order valence-electron chi connectivity index (χ4n) is 4.60. The molecule has 2 unspecified atom stereocenters. The van der Waals surface area contributed by atoms with Crippen LogP contribution >= 0.6 is 0 Å². The second-order valence-electron chi connectivity index (χ2n) is 8.20. The number of rotatable bonds is 5. The summed E-state index contributed by atoms with van der Waals surface area (Å²) in [5.41, 5.74) is 5.46. The highest BCUT2D eigenvalue weighted by Gasteiger charge is 2.51. The van der Waals surface area contributed by atoms with E-state index in [9.17, 15) is 14.4 Å². The molecule has 0 radical (unpaired) electrons. The summed E-state index contributed by atoms with van der Waals surface area (Å²) in [7, 11) is 3.74. The van der Waals surface area contributed by atoms with E-state index in [0.717, 1.165) is 18.4 Å². The maximum absolute atomic E-state index is 13.6. The van der Waals surface area contributed by atoms with Gasteiger partial charge in [0, 0.05) is 13.1 Å². The Hall–Kier alpha value is -2.41. The fraction of sp³-hybridized carbons (Fsp3) is 0.571. The van der Waals surface area contributed by atoms with Crippen LogP contribution in [0.4, 0.5) is 0 Å². The average Bonchev–Trinajstić information content (AvgIpc) is 3.29. The predicted molar refractivity (Wildman–Crippen MR) is 106 cm³/mol. The summed E-state index contributed by atoms with van der Waals surface area (Å²) < 4.78 is 0.